The van der Waals surface area contributed by atoms with Gasteiger partial charge in [-0.1, -0.05) is 50.4 Å². The van der Waals surface area contributed by atoms with E-state index in [0.717, 1.165) is 22.6 Å². The van der Waals surface area contributed by atoms with Crippen LogP contribution in [0, 0.1) is 18.3 Å². The molecule has 1 aliphatic rings. The van der Waals surface area contributed by atoms with E-state index in [0.29, 0.717) is 5.92 Å². The van der Waals surface area contributed by atoms with E-state index in [1.54, 1.807) is 0 Å². The van der Waals surface area contributed by atoms with Gasteiger partial charge in [-0.05, 0) is 48.3 Å². The third kappa shape index (κ3) is 2.73. The van der Waals surface area contributed by atoms with Crippen LogP contribution in [-0.4, -0.2) is 5.11 Å². The number of halogens is 1. The summed E-state index contributed by atoms with van der Waals surface area (Å²) in [6.07, 6.45) is 4.43. The summed E-state index contributed by atoms with van der Waals surface area (Å²) in [7, 11) is 0. The number of hydrogen-bond acceptors (Lipinski definition) is 1. The van der Waals surface area contributed by atoms with Crippen molar-refractivity contribution in [3.63, 3.8) is 0 Å². The second-order valence-electron chi connectivity index (χ2n) is 6.29. The van der Waals surface area contributed by atoms with Crippen molar-refractivity contribution in [3.8, 4) is 0 Å². The Morgan fingerprint density at radius 1 is 1.33 bits per heavy atom. The fourth-order valence-electron chi connectivity index (χ4n) is 3.13. The highest BCUT2D eigenvalue weighted by atomic mass is 35.5. The summed E-state index contributed by atoms with van der Waals surface area (Å²) in [4.78, 5) is 0. The van der Waals surface area contributed by atoms with Crippen molar-refractivity contribution >= 4 is 11.6 Å². The maximum absolute atomic E-state index is 10.6. The Kier molecular flexibility index (Phi) is 4.03. The second-order valence-corrected chi connectivity index (χ2v) is 6.70. The van der Waals surface area contributed by atoms with Crippen LogP contribution in [0.3, 0.4) is 0 Å². The number of aryl methyl sites for hydroxylation is 1. The normalized spacial score (nSPS) is 24.8. The second kappa shape index (κ2) is 5.22. The first-order valence-electron chi connectivity index (χ1n) is 6.86. The van der Waals surface area contributed by atoms with Crippen molar-refractivity contribution in [2.45, 2.75) is 52.6 Å². The van der Waals surface area contributed by atoms with Gasteiger partial charge in [-0.25, -0.2) is 0 Å². The van der Waals surface area contributed by atoms with Gasteiger partial charge in [-0.2, -0.15) is 0 Å². The molecule has 0 heterocycles. The van der Waals surface area contributed by atoms with Crippen molar-refractivity contribution in [2.75, 3.05) is 0 Å². The number of hydrogen-bond donors (Lipinski definition) is 1. The molecular weight excluding hydrogens is 244 g/mol. The minimum absolute atomic E-state index is 0.217. The Morgan fingerprint density at radius 3 is 2.67 bits per heavy atom. The van der Waals surface area contributed by atoms with Crippen molar-refractivity contribution < 1.29 is 5.11 Å². The molecule has 0 radical (unpaired) electrons. The zero-order chi connectivity index (χ0) is 13.3. The highest BCUT2D eigenvalue weighted by molar-refractivity contribution is 6.31. The standard InChI is InChI=1S/C16H23ClO/c1-11-7-8-12(10-14(11)17)15(18)13-6-4-5-9-16(13,2)3/h7-8,10,13,15,18H,4-6,9H2,1-3H3. The van der Waals surface area contributed by atoms with Gasteiger partial charge in [-0.3, -0.25) is 0 Å². The number of rotatable bonds is 2. The molecule has 0 saturated heterocycles. The average molecular weight is 267 g/mol. The molecule has 0 aromatic heterocycles. The monoisotopic (exact) mass is 266 g/mol. The lowest BCUT2D eigenvalue weighted by molar-refractivity contribution is 0.00386. The van der Waals surface area contributed by atoms with E-state index >= 15 is 0 Å². The highest BCUT2D eigenvalue weighted by Gasteiger charge is 2.37. The summed E-state index contributed by atoms with van der Waals surface area (Å²) in [6.45, 7) is 6.54. The van der Waals surface area contributed by atoms with E-state index < -0.39 is 6.10 Å². The summed E-state index contributed by atoms with van der Waals surface area (Å²) >= 11 is 6.16. The van der Waals surface area contributed by atoms with Crippen LogP contribution in [0.15, 0.2) is 18.2 Å². The van der Waals surface area contributed by atoms with E-state index in [4.69, 9.17) is 11.6 Å². The van der Waals surface area contributed by atoms with Gasteiger partial charge in [0.2, 0.25) is 0 Å². The molecule has 18 heavy (non-hydrogen) atoms. The Labute approximate surface area is 115 Å². The first-order chi connectivity index (χ1) is 8.42. The van der Waals surface area contributed by atoms with Crippen LogP contribution in [0.5, 0.6) is 0 Å². The van der Waals surface area contributed by atoms with Crippen LogP contribution in [0.1, 0.15) is 56.8 Å². The van der Waals surface area contributed by atoms with Gasteiger partial charge < -0.3 is 5.11 Å². The molecule has 2 unspecified atom stereocenters. The molecule has 2 atom stereocenters. The molecule has 1 nitrogen and oxygen atoms in total. The molecular formula is C16H23ClO. The Balaban J connectivity index is 2.24. The van der Waals surface area contributed by atoms with Crippen LogP contribution in [-0.2, 0) is 0 Å². The topological polar surface area (TPSA) is 20.2 Å². The number of aliphatic hydroxyl groups excluding tert-OH is 1. The third-order valence-corrected chi connectivity index (χ3v) is 4.92. The fraction of sp³-hybridized carbons (Fsp3) is 0.625. The lowest BCUT2D eigenvalue weighted by Gasteiger charge is -2.41. The van der Waals surface area contributed by atoms with E-state index in [-0.39, 0.29) is 5.41 Å². The minimum Gasteiger partial charge on any atom is -0.388 e. The summed E-state index contributed by atoms with van der Waals surface area (Å²) in [5, 5.41) is 11.4. The Hall–Kier alpha value is -0.530. The lowest BCUT2D eigenvalue weighted by Crippen LogP contribution is -2.32. The van der Waals surface area contributed by atoms with Crippen LogP contribution in [0.4, 0.5) is 0 Å². The highest BCUT2D eigenvalue weighted by Crippen LogP contribution is 2.46. The molecule has 0 spiro atoms. The zero-order valence-electron chi connectivity index (χ0n) is 11.5. The summed E-state index contributed by atoms with van der Waals surface area (Å²) in [5.74, 6) is 0.338. The largest absolute Gasteiger partial charge is 0.388 e. The Morgan fingerprint density at radius 2 is 2.06 bits per heavy atom. The van der Waals surface area contributed by atoms with E-state index in [9.17, 15) is 5.11 Å². The molecule has 100 valence electrons. The minimum atomic E-state index is -0.390. The Bertz CT molecular complexity index is 425. The van der Waals surface area contributed by atoms with Crippen molar-refractivity contribution in [2.24, 2.45) is 11.3 Å². The first kappa shape index (κ1) is 13.9. The smallest absolute Gasteiger partial charge is 0.0823 e. The third-order valence-electron chi connectivity index (χ3n) is 4.51. The van der Waals surface area contributed by atoms with E-state index in [2.05, 4.69) is 13.8 Å². The molecule has 0 bridgehead atoms. The average Bonchev–Trinajstić information content (AvgIpc) is 2.31. The van der Waals surface area contributed by atoms with Crippen molar-refractivity contribution in [1.82, 2.24) is 0 Å². The zero-order valence-corrected chi connectivity index (χ0v) is 12.3. The van der Waals surface area contributed by atoms with Crippen LogP contribution in [0.25, 0.3) is 0 Å². The molecule has 1 aliphatic carbocycles. The predicted molar refractivity (Wildman–Crippen MR) is 76.9 cm³/mol. The maximum atomic E-state index is 10.6. The lowest BCUT2D eigenvalue weighted by atomic mass is 9.65. The summed E-state index contributed by atoms with van der Waals surface area (Å²) in [6, 6.07) is 5.93. The molecule has 2 heteroatoms. The van der Waals surface area contributed by atoms with Gasteiger partial charge in [0.05, 0.1) is 6.10 Å². The van der Waals surface area contributed by atoms with Crippen LogP contribution >= 0.6 is 11.6 Å². The maximum Gasteiger partial charge on any atom is 0.0823 e. The van der Waals surface area contributed by atoms with Gasteiger partial charge in [0, 0.05) is 5.02 Å². The SMILES string of the molecule is Cc1ccc(C(O)C2CCCCC2(C)C)cc1Cl. The number of benzene rings is 1. The molecule has 1 aromatic carbocycles. The molecule has 2 rings (SSSR count). The molecule has 1 saturated carbocycles. The van der Waals surface area contributed by atoms with Gasteiger partial charge in [0.25, 0.3) is 0 Å². The van der Waals surface area contributed by atoms with Gasteiger partial charge >= 0.3 is 0 Å². The van der Waals surface area contributed by atoms with E-state index in [1.807, 2.05) is 25.1 Å². The van der Waals surface area contributed by atoms with Crippen LogP contribution in [0.2, 0.25) is 5.02 Å². The predicted octanol–water partition coefficient (Wildman–Crippen LogP) is 4.90. The van der Waals surface area contributed by atoms with Gasteiger partial charge in [-0.15, -0.1) is 0 Å². The van der Waals surface area contributed by atoms with Crippen molar-refractivity contribution in [1.29, 1.82) is 0 Å². The molecule has 0 amide bonds. The molecule has 1 N–H and O–H groups in total. The van der Waals surface area contributed by atoms with E-state index in [1.165, 1.54) is 19.3 Å². The van der Waals surface area contributed by atoms with Gasteiger partial charge in [0.15, 0.2) is 0 Å². The van der Waals surface area contributed by atoms with Gasteiger partial charge in [0.1, 0.15) is 0 Å². The first-order valence-corrected chi connectivity index (χ1v) is 7.24. The molecule has 1 aromatic rings. The van der Waals surface area contributed by atoms with Crippen LogP contribution < -0.4 is 0 Å². The van der Waals surface area contributed by atoms with Crippen molar-refractivity contribution in [3.05, 3.63) is 34.3 Å². The summed E-state index contributed by atoms with van der Waals surface area (Å²) < 4.78 is 0. The summed E-state index contributed by atoms with van der Waals surface area (Å²) in [5.41, 5.74) is 2.25. The quantitative estimate of drug-likeness (QED) is 0.807. The fourth-order valence-corrected chi connectivity index (χ4v) is 3.32. The molecule has 0 aliphatic heterocycles. The number of aliphatic hydroxyl groups is 1. The molecule has 1 fully saturated rings.